The van der Waals surface area contributed by atoms with Crippen LogP contribution in [0.1, 0.15) is 48.0 Å². The first-order chi connectivity index (χ1) is 11.5. The van der Waals surface area contributed by atoms with E-state index in [9.17, 15) is 9.59 Å². The Balaban J connectivity index is 4.22. The molecule has 25 heavy (non-hydrogen) atoms. The Hall–Kier alpha value is -1.40. The molecule has 0 fully saturated rings. The molecule has 0 heterocycles. The summed E-state index contributed by atoms with van der Waals surface area (Å²) in [6.45, 7) is 17.8. The van der Waals surface area contributed by atoms with Crippen LogP contribution in [-0.2, 0) is 28.5 Å². The second kappa shape index (κ2) is 11.3. The third kappa shape index (κ3) is 11.7. The van der Waals surface area contributed by atoms with E-state index >= 15 is 0 Å². The largest absolute Gasteiger partial charge is 0.465 e. The highest BCUT2D eigenvalue weighted by molar-refractivity contribution is 5.93. The van der Waals surface area contributed by atoms with Crippen molar-refractivity contribution in [2.45, 2.75) is 48.0 Å². The average Bonchev–Trinajstić information content (AvgIpc) is 2.54. The van der Waals surface area contributed by atoms with Gasteiger partial charge in [0.1, 0.15) is 0 Å². The van der Waals surface area contributed by atoms with Crippen LogP contribution in [0.4, 0.5) is 0 Å². The molecule has 0 aromatic carbocycles. The Morgan fingerprint density at radius 1 is 0.800 bits per heavy atom. The maximum Gasteiger partial charge on any atom is 0.334 e. The third-order valence-corrected chi connectivity index (χ3v) is 3.26. The highest BCUT2D eigenvalue weighted by Crippen LogP contribution is 2.18. The first-order valence-corrected chi connectivity index (χ1v) is 8.69. The van der Waals surface area contributed by atoms with Crippen LogP contribution in [0.15, 0.2) is 12.2 Å². The Bertz CT molecular complexity index is 439. The number of hydrogen-bond acceptors (Lipinski definition) is 6. The van der Waals surface area contributed by atoms with Gasteiger partial charge < -0.3 is 18.9 Å². The van der Waals surface area contributed by atoms with Crippen molar-refractivity contribution in [3.05, 3.63) is 12.2 Å². The predicted molar refractivity (Wildman–Crippen MR) is 96.2 cm³/mol. The molecule has 0 aromatic heterocycles. The van der Waals surface area contributed by atoms with Gasteiger partial charge in [0.05, 0.1) is 32.8 Å². The number of hydrogen-bond donors (Lipinski definition) is 0. The van der Waals surface area contributed by atoms with Gasteiger partial charge >= 0.3 is 11.9 Å². The highest BCUT2D eigenvalue weighted by Gasteiger charge is 2.24. The smallest absolute Gasteiger partial charge is 0.334 e. The molecule has 146 valence electrons. The molecule has 0 rings (SSSR count). The maximum atomic E-state index is 12.0. The summed E-state index contributed by atoms with van der Waals surface area (Å²) in [5.41, 5.74) is -0.494. The number of carbonyl (C=O) groups excluding carboxylic acids is 2. The van der Waals surface area contributed by atoms with Crippen LogP contribution in [0.2, 0.25) is 0 Å². The molecule has 0 aliphatic rings. The molecule has 0 radical (unpaired) electrons. The molecule has 0 aliphatic carbocycles. The second-order valence-electron chi connectivity index (χ2n) is 7.62. The van der Waals surface area contributed by atoms with Crippen LogP contribution in [-0.4, -0.2) is 51.6 Å². The van der Waals surface area contributed by atoms with E-state index in [0.717, 1.165) is 0 Å². The van der Waals surface area contributed by atoms with Gasteiger partial charge in [-0.3, -0.25) is 4.79 Å². The lowest BCUT2D eigenvalue weighted by Crippen LogP contribution is -2.29. The van der Waals surface area contributed by atoms with E-state index < -0.39 is 11.9 Å². The quantitative estimate of drug-likeness (QED) is 0.372. The molecule has 0 aromatic rings. The van der Waals surface area contributed by atoms with Gasteiger partial charge in [-0.05, 0) is 13.8 Å². The molecule has 0 amide bonds. The molecule has 0 aliphatic heterocycles. The Labute approximate surface area is 151 Å². The van der Waals surface area contributed by atoms with Gasteiger partial charge in [-0.1, -0.05) is 34.3 Å². The molecule has 6 heteroatoms. The van der Waals surface area contributed by atoms with Gasteiger partial charge in [0.15, 0.2) is 0 Å². The molecule has 0 unspecified atom stereocenters. The summed E-state index contributed by atoms with van der Waals surface area (Å²) >= 11 is 0. The number of rotatable bonds is 13. The summed E-state index contributed by atoms with van der Waals surface area (Å²) in [4.78, 5) is 23.8. The van der Waals surface area contributed by atoms with Crippen molar-refractivity contribution in [1.82, 2.24) is 0 Å². The minimum atomic E-state index is -0.588. The van der Waals surface area contributed by atoms with E-state index in [1.165, 1.54) is 0 Å². The summed E-state index contributed by atoms with van der Waals surface area (Å²) in [5.74, 6) is -1.09. The van der Waals surface area contributed by atoms with E-state index in [2.05, 4.69) is 6.58 Å². The lowest BCUT2D eigenvalue weighted by atomic mass is 9.96. The van der Waals surface area contributed by atoms with Crippen molar-refractivity contribution in [1.29, 1.82) is 0 Å². The fraction of sp³-hybridized carbons (Fsp3) is 0.789. The zero-order valence-corrected chi connectivity index (χ0v) is 16.6. The fourth-order valence-electron chi connectivity index (χ4n) is 1.78. The minimum Gasteiger partial charge on any atom is -0.465 e. The first kappa shape index (κ1) is 23.6. The molecule has 0 atom stereocenters. The van der Waals surface area contributed by atoms with Crippen molar-refractivity contribution in [3.63, 3.8) is 0 Å². The normalized spacial score (nSPS) is 11.9. The van der Waals surface area contributed by atoms with Gasteiger partial charge in [0.25, 0.3) is 0 Å². The Morgan fingerprint density at radius 2 is 1.24 bits per heavy atom. The Kier molecular flexibility index (Phi) is 10.6. The van der Waals surface area contributed by atoms with Crippen molar-refractivity contribution in [3.8, 4) is 0 Å². The molecular formula is C19H34O6. The van der Waals surface area contributed by atoms with Crippen LogP contribution < -0.4 is 0 Å². The van der Waals surface area contributed by atoms with Gasteiger partial charge in [0.2, 0.25) is 0 Å². The molecule has 0 bridgehead atoms. The second-order valence-corrected chi connectivity index (χ2v) is 7.62. The SMILES string of the molecule is C=C(CC(=O)OCC(C)(C)COCC)C(=O)OCC(C)(C)COCC. The van der Waals surface area contributed by atoms with Crippen LogP contribution >= 0.6 is 0 Å². The minimum absolute atomic E-state index is 0.0832. The van der Waals surface area contributed by atoms with E-state index in [1.807, 2.05) is 41.5 Å². The molecule has 0 saturated carbocycles. The molecular weight excluding hydrogens is 324 g/mol. The number of ether oxygens (including phenoxy) is 4. The lowest BCUT2D eigenvalue weighted by molar-refractivity contribution is -0.150. The van der Waals surface area contributed by atoms with Crippen molar-refractivity contribution < 1.29 is 28.5 Å². The summed E-state index contributed by atoms with van der Waals surface area (Å²) in [7, 11) is 0. The van der Waals surface area contributed by atoms with Gasteiger partial charge in [-0.2, -0.15) is 0 Å². The first-order valence-electron chi connectivity index (χ1n) is 8.69. The third-order valence-electron chi connectivity index (χ3n) is 3.26. The average molecular weight is 358 g/mol. The van der Waals surface area contributed by atoms with E-state index in [4.69, 9.17) is 18.9 Å². The number of esters is 2. The van der Waals surface area contributed by atoms with Crippen LogP contribution in [0, 0.1) is 10.8 Å². The zero-order chi connectivity index (χ0) is 19.5. The topological polar surface area (TPSA) is 71.1 Å². The van der Waals surface area contributed by atoms with Gasteiger partial charge in [-0.25, -0.2) is 4.79 Å². The van der Waals surface area contributed by atoms with E-state index in [1.54, 1.807) is 0 Å². The number of carbonyl (C=O) groups is 2. The van der Waals surface area contributed by atoms with Crippen LogP contribution in [0.5, 0.6) is 0 Å². The zero-order valence-electron chi connectivity index (χ0n) is 16.6. The lowest BCUT2D eigenvalue weighted by Gasteiger charge is -2.24. The van der Waals surface area contributed by atoms with Crippen molar-refractivity contribution in [2.24, 2.45) is 10.8 Å². The molecule has 0 spiro atoms. The molecule has 0 N–H and O–H groups in total. The maximum absolute atomic E-state index is 12.0. The van der Waals surface area contributed by atoms with E-state index in [-0.39, 0.29) is 36.0 Å². The predicted octanol–water partition coefficient (Wildman–Crippen LogP) is 3.14. The van der Waals surface area contributed by atoms with Gasteiger partial charge in [0, 0.05) is 29.6 Å². The summed E-state index contributed by atoms with van der Waals surface area (Å²) in [6.07, 6.45) is -0.185. The standard InChI is InChI=1S/C19H34O6/c1-8-22-11-18(4,5)13-24-16(20)10-15(3)17(21)25-14-19(6,7)12-23-9-2/h3,8-14H2,1-2,4-7H3. The van der Waals surface area contributed by atoms with E-state index in [0.29, 0.717) is 26.4 Å². The van der Waals surface area contributed by atoms with Crippen molar-refractivity contribution in [2.75, 3.05) is 39.6 Å². The van der Waals surface area contributed by atoms with Gasteiger partial charge in [-0.15, -0.1) is 0 Å². The summed E-state index contributed by atoms with van der Waals surface area (Å²) in [5, 5.41) is 0. The monoisotopic (exact) mass is 358 g/mol. The molecule has 0 saturated heterocycles. The van der Waals surface area contributed by atoms with Crippen LogP contribution in [0.25, 0.3) is 0 Å². The van der Waals surface area contributed by atoms with Crippen molar-refractivity contribution >= 4 is 11.9 Å². The van der Waals surface area contributed by atoms with Crippen LogP contribution in [0.3, 0.4) is 0 Å². The molecule has 6 nitrogen and oxygen atoms in total. The highest BCUT2D eigenvalue weighted by atomic mass is 16.5. The fourth-order valence-corrected chi connectivity index (χ4v) is 1.78. The summed E-state index contributed by atoms with van der Waals surface area (Å²) < 4.78 is 21.1. The summed E-state index contributed by atoms with van der Waals surface area (Å²) in [6, 6.07) is 0. The Morgan fingerprint density at radius 3 is 1.68 bits per heavy atom.